The fraction of sp³-hybridized carbons (Fsp3) is 0.533. The van der Waals surface area contributed by atoms with Crippen molar-refractivity contribution < 1.29 is 13.2 Å². The molecule has 2 rings (SSSR count). The van der Waals surface area contributed by atoms with Gasteiger partial charge in [0, 0.05) is 35.5 Å². The van der Waals surface area contributed by atoms with Crippen LogP contribution in [0.3, 0.4) is 0 Å². The van der Waals surface area contributed by atoms with Gasteiger partial charge < -0.3 is 4.90 Å². The minimum atomic E-state index is -3.16. The molecule has 0 atom stereocenters. The van der Waals surface area contributed by atoms with Crippen molar-refractivity contribution in [2.24, 2.45) is 0 Å². The SMILES string of the molecule is Cc1cc(SCC(=O)N2CCN(S(C)(=O)=O)CC2)c(C)cc1Br. The van der Waals surface area contributed by atoms with Crippen LogP contribution < -0.4 is 0 Å². The van der Waals surface area contributed by atoms with Crippen molar-refractivity contribution in [2.75, 3.05) is 38.2 Å². The van der Waals surface area contributed by atoms with Gasteiger partial charge in [0.2, 0.25) is 15.9 Å². The van der Waals surface area contributed by atoms with Crippen molar-refractivity contribution in [3.8, 4) is 0 Å². The number of rotatable bonds is 4. The second-order valence-corrected chi connectivity index (χ2v) is 9.55. The van der Waals surface area contributed by atoms with E-state index in [1.54, 1.807) is 4.90 Å². The predicted octanol–water partition coefficient (Wildman–Crippen LogP) is 2.26. The number of amides is 1. The van der Waals surface area contributed by atoms with Crippen LogP contribution in [0.5, 0.6) is 0 Å². The van der Waals surface area contributed by atoms with E-state index in [1.807, 2.05) is 13.8 Å². The maximum absolute atomic E-state index is 12.3. The molecule has 0 N–H and O–H groups in total. The van der Waals surface area contributed by atoms with Crippen LogP contribution in [-0.4, -0.2) is 61.7 Å². The average Bonchev–Trinajstić information content (AvgIpc) is 2.48. The molecule has 0 aliphatic carbocycles. The molecule has 23 heavy (non-hydrogen) atoms. The van der Waals surface area contributed by atoms with Crippen LogP contribution in [0.15, 0.2) is 21.5 Å². The number of carbonyl (C=O) groups is 1. The van der Waals surface area contributed by atoms with Gasteiger partial charge in [0.25, 0.3) is 0 Å². The summed E-state index contributed by atoms with van der Waals surface area (Å²) in [6.45, 7) is 5.74. The minimum Gasteiger partial charge on any atom is -0.339 e. The lowest BCUT2D eigenvalue weighted by Crippen LogP contribution is -2.50. The van der Waals surface area contributed by atoms with Crippen LogP contribution in [0.1, 0.15) is 11.1 Å². The summed E-state index contributed by atoms with van der Waals surface area (Å²) in [5.41, 5.74) is 2.29. The first-order chi connectivity index (χ1) is 10.7. The number of sulfonamides is 1. The Hall–Kier alpha value is -0.570. The highest BCUT2D eigenvalue weighted by atomic mass is 79.9. The molecule has 1 heterocycles. The first-order valence-electron chi connectivity index (χ1n) is 7.31. The van der Waals surface area contributed by atoms with Gasteiger partial charge in [0.15, 0.2) is 0 Å². The lowest BCUT2D eigenvalue weighted by Gasteiger charge is -2.33. The van der Waals surface area contributed by atoms with Crippen molar-refractivity contribution in [1.82, 2.24) is 9.21 Å². The van der Waals surface area contributed by atoms with E-state index >= 15 is 0 Å². The van der Waals surface area contributed by atoms with Crippen LogP contribution in [0.25, 0.3) is 0 Å². The van der Waals surface area contributed by atoms with Crippen LogP contribution in [0, 0.1) is 13.8 Å². The Bertz CT molecular complexity index is 699. The Morgan fingerprint density at radius 1 is 1.17 bits per heavy atom. The first-order valence-corrected chi connectivity index (χ1v) is 10.9. The Morgan fingerprint density at radius 3 is 2.35 bits per heavy atom. The fourth-order valence-corrected chi connectivity index (χ4v) is 4.70. The molecule has 1 aromatic carbocycles. The Kier molecular flexibility index (Phi) is 6.16. The summed E-state index contributed by atoms with van der Waals surface area (Å²) in [6.07, 6.45) is 1.21. The summed E-state index contributed by atoms with van der Waals surface area (Å²) in [7, 11) is -3.16. The number of thioether (sulfide) groups is 1. The monoisotopic (exact) mass is 420 g/mol. The highest BCUT2D eigenvalue weighted by molar-refractivity contribution is 9.10. The maximum atomic E-state index is 12.3. The van der Waals surface area contributed by atoms with Gasteiger partial charge in [-0.1, -0.05) is 15.9 Å². The van der Waals surface area contributed by atoms with Gasteiger partial charge in [-0.15, -0.1) is 11.8 Å². The number of aryl methyl sites for hydroxylation is 2. The van der Waals surface area contributed by atoms with Gasteiger partial charge >= 0.3 is 0 Å². The molecule has 0 spiro atoms. The van der Waals surface area contributed by atoms with Crippen molar-refractivity contribution in [3.05, 3.63) is 27.7 Å². The molecular formula is C15H21BrN2O3S2. The number of nitrogens with zero attached hydrogens (tertiary/aromatic N) is 2. The fourth-order valence-electron chi connectivity index (χ4n) is 2.41. The smallest absolute Gasteiger partial charge is 0.233 e. The number of carbonyl (C=O) groups excluding carboxylic acids is 1. The number of benzene rings is 1. The molecule has 0 radical (unpaired) electrons. The molecule has 1 amide bonds. The summed E-state index contributed by atoms with van der Waals surface area (Å²) in [6, 6.07) is 4.14. The van der Waals surface area contributed by atoms with E-state index in [0.717, 1.165) is 20.5 Å². The van der Waals surface area contributed by atoms with Crippen LogP contribution >= 0.6 is 27.7 Å². The minimum absolute atomic E-state index is 0.0584. The molecule has 0 unspecified atom stereocenters. The summed E-state index contributed by atoms with van der Waals surface area (Å²) in [5, 5.41) is 0. The predicted molar refractivity (Wildman–Crippen MR) is 97.3 cm³/mol. The summed E-state index contributed by atoms with van der Waals surface area (Å²) < 4.78 is 25.5. The van der Waals surface area contributed by atoms with Gasteiger partial charge in [-0.25, -0.2) is 8.42 Å². The molecular weight excluding hydrogens is 400 g/mol. The van der Waals surface area contributed by atoms with Gasteiger partial charge in [0.1, 0.15) is 0 Å². The Labute approximate surface area is 150 Å². The summed E-state index contributed by atoms with van der Waals surface area (Å²) in [4.78, 5) is 15.2. The molecule has 1 aliphatic rings. The standard InChI is InChI=1S/C15H21BrN2O3S2/c1-11-9-14(12(2)8-13(11)16)22-10-15(19)17-4-6-18(7-5-17)23(3,20)21/h8-9H,4-7,10H2,1-3H3. The highest BCUT2D eigenvalue weighted by Crippen LogP contribution is 2.28. The topological polar surface area (TPSA) is 57.7 Å². The zero-order valence-corrected chi connectivity index (χ0v) is 16.7. The first kappa shape index (κ1) is 18.8. The Balaban J connectivity index is 1.90. The largest absolute Gasteiger partial charge is 0.339 e. The quantitative estimate of drug-likeness (QED) is 0.700. The van der Waals surface area contributed by atoms with Crippen LogP contribution in [0.2, 0.25) is 0 Å². The Morgan fingerprint density at radius 2 is 1.78 bits per heavy atom. The molecule has 5 nitrogen and oxygen atoms in total. The normalized spacial score (nSPS) is 16.6. The van der Waals surface area contributed by atoms with E-state index in [9.17, 15) is 13.2 Å². The molecule has 1 aromatic rings. The third-order valence-corrected chi connectivity index (χ3v) is 7.17. The van der Waals surface area contributed by atoms with Crippen LogP contribution in [-0.2, 0) is 14.8 Å². The van der Waals surface area contributed by atoms with Crippen molar-refractivity contribution in [3.63, 3.8) is 0 Å². The average molecular weight is 421 g/mol. The van der Waals surface area contributed by atoms with E-state index in [1.165, 1.54) is 22.3 Å². The molecule has 0 bridgehead atoms. The van der Waals surface area contributed by atoms with Gasteiger partial charge in [-0.05, 0) is 37.1 Å². The second kappa shape index (κ2) is 7.55. The van der Waals surface area contributed by atoms with Gasteiger partial charge in [0.05, 0.1) is 12.0 Å². The highest BCUT2D eigenvalue weighted by Gasteiger charge is 2.25. The third kappa shape index (κ3) is 4.95. The zero-order chi connectivity index (χ0) is 17.2. The molecule has 1 saturated heterocycles. The summed E-state index contributed by atoms with van der Waals surface area (Å²) in [5.74, 6) is 0.434. The van der Waals surface area contributed by atoms with Crippen molar-refractivity contribution in [2.45, 2.75) is 18.7 Å². The molecule has 8 heteroatoms. The maximum Gasteiger partial charge on any atom is 0.233 e. The molecule has 1 aliphatic heterocycles. The van der Waals surface area contributed by atoms with Crippen molar-refractivity contribution >= 4 is 43.6 Å². The van der Waals surface area contributed by atoms with E-state index in [4.69, 9.17) is 0 Å². The molecule has 128 valence electrons. The lowest BCUT2D eigenvalue weighted by atomic mass is 10.2. The second-order valence-electron chi connectivity index (χ2n) is 5.70. The van der Waals surface area contributed by atoms with Gasteiger partial charge in [-0.3, -0.25) is 4.79 Å². The number of halogens is 1. The number of hydrogen-bond donors (Lipinski definition) is 0. The molecule has 0 aromatic heterocycles. The van der Waals surface area contributed by atoms with Gasteiger partial charge in [-0.2, -0.15) is 4.31 Å². The van der Waals surface area contributed by atoms with E-state index < -0.39 is 10.0 Å². The van der Waals surface area contributed by atoms with E-state index in [-0.39, 0.29) is 5.91 Å². The molecule has 0 saturated carbocycles. The molecule has 1 fully saturated rings. The van der Waals surface area contributed by atoms with E-state index in [2.05, 4.69) is 28.1 Å². The van der Waals surface area contributed by atoms with E-state index in [0.29, 0.717) is 31.9 Å². The number of hydrogen-bond acceptors (Lipinski definition) is 4. The summed E-state index contributed by atoms with van der Waals surface area (Å²) >= 11 is 5.04. The third-order valence-electron chi connectivity index (χ3n) is 3.87. The zero-order valence-electron chi connectivity index (χ0n) is 13.5. The van der Waals surface area contributed by atoms with Crippen LogP contribution in [0.4, 0.5) is 0 Å². The van der Waals surface area contributed by atoms with Crippen molar-refractivity contribution in [1.29, 1.82) is 0 Å². The lowest BCUT2D eigenvalue weighted by molar-refractivity contribution is -0.129. The number of piperazine rings is 1.